The van der Waals surface area contributed by atoms with Gasteiger partial charge >= 0.3 is 0 Å². The fourth-order valence-electron chi connectivity index (χ4n) is 2.75. The van der Waals surface area contributed by atoms with Crippen LogP contribution in [0.15, 0.2) is 17.4 Å². The highest BCUT2D eigenvalue weighted by atomic mass is 16.2. The van der Waals surface area contributed by atoms with Crippen molar-refractivity contribution in [3.05, 3.63) is 18.0 Å². The summed E-state index contributed by atoms with van der Waals surface area (Å²) in [5, 5.41) is 11.0. The summed E-state index contributed by atoms with van der Waals surface area (Å²) >= 11 is 0. The number of hydrogen-bond acceptors (Lipinski definition) is 3. The molecule has 0 saturated carbocycles. The first-order valence-electron chi connectivity index (χ1n) is 8.36. The maximum atomic E-state index is 11.7. The van der Waals surface area contributed by atoms with E-state index in [-0.39, 0.29) is 11.9 Å². The molecule has 7 heteroatoms. The molecule has 7 nitrogen and oxygen atoms in total. The van der Waals surface area contributed by atoms with Gasteiger partial charge in [0, 0.05) is 51.9 Å². The van der Waals surface area contributed by atoms with Crippen LogP contribution in [0.1, 0.15) is 31.7 Å². The molecule has 1 atom stereocenters. The summed E-state index contributed by atoms with van der Waals surface area (Å²) in [6.45, 7) is 7.27. The first-order chi connectivity index (χ1) is 11.1. The Bertz CT molecular complexity index is 538. The topological polar surface area (TPSA) is 74.6 Å². The molecular formula is C16H28N6O. The van der Waals surface area contributed by atoms with Gasteiger partial charge in [-0.3, -0.25) is 14.5 Å². The minimum atomic E-state index is 0.228. The lowest BCUT2D eigenvalue weighted by Gasteiger charge is -2.18. The van der Waals surface area contributed by atoms with Gasteiger partial charge < -0.3 is 15.5 Å². The summed E-state index contributed by atoms with van der Waals surface area (Å²) in [6.07, 6.45) is 6.45. The quantitative estimate of drug-likeness (QED) is 0.461. The Morgan fingerprint density at radius 3 is 3.00 bits per heavy atom. The summed E-state index contributed by atoms with van der Waals surface area (Å²) < 4.78 is 1.96. The Morgan fingerprint density at radius 2 is 2.35 bits per heavy atom. The van der Waals surface area contributed by atoms with E-state index >= 15 is 0 Å². The maximum absolute atomic E-state index is 11.7. The van der Waals surface area contributed by atoms with Gasteiger partial charge in [0.25, 0.3) is 0 Å². The van der Waals surface area contributed by atoms with Gasteiger partial charge in [-0.25, -0.2) is 0 Å². The van der Waals surface area contributed by atoms with Crippen LogP contribution in [0, 0.1) is 6.92 Å². The van der Waals surface area contributed by atoms with E-state index in [4.69, 9.17) is 0 Å². The molecule has 1 aromatic rings. The lowest BCUT2D eigenvalue weighted by atomic mass is 10.3. The SMILES string of the molecule is CCC(=O)N1CCC(NC(=NC)NCCCn2cc(C)cn2)C1. The molecule has 0 radical (unpaired) electrons. The molecule has 2 rings (SSSR count). The molecular weight excluding hydrogens is 292 g/mol. The van der Waals surface area contributed by atoms with E-state index < -0.39 is 0 Å². The second-order valence-corrected chi connectivity index (χ2v) is 5.96. The highest BCUT2D eigenvalue weighted by Gasteiger charge is 2.25. The predicted molar refractivity (Wildman–Crippen MR) is 91.4 cm³/mol. The fraction of sp³-hybridized carbons (Fsp3) is 0.688. The van der Waals surface area contributed by atoms with E-state index in [1.807, 2.05) is 35.8 Å². The molecule has 2 heterocycles. The van der Waals surface area contributed by atoms with E-state index in [0.717, 1.165) is 45.0 Å². The molecule has 1 aliphatic rings. The number of aryl methyl sites for hydroxylation is 2. The highest BCUT2D eigenvalue weighted by Crippen LogP contribution is 2.10. The van der Waals surface area contributed by atoms with Crippen molar-refractivity contribution in [3.63, 3.8) is 0 Å². The molecule has 1 unspecified atom stereocenters. The van der Waals surface area contributed by atoms with E-state index in [1.165, 1.54) is 5.56 Å². The number of hydrogen-bond donors (Lipinski definition) is 2. The zero-order valence-electron chi connectivity index (χ0n) is 14.4. The Balaban J connectivity index is 1.67. The Kier molecular flexibility index (Phi) is 6.43. The molecule has 1 aliphatic heterocycles. The first-order valence-corrected chi connectivity index (χ1v) is 8.36. The van der Waals surface area contributed by atoms with Gasteiger partial charge in [-0.15, -0.1) is 0 Å². The molecule has 0 aliphatic carbocycles. The molecule has 23 heavy (non-hydrogen) atoms. The third-order valence-electron chi connectivity index (χ3n) is 4.03. The van der Waals surface area contributed by atoms with E-state index in [9.17, 15) is 4.79 Å². The number of rotatable bonds is 6. The van der Waals surface area contributed by atoms with Gasteiger partial charge in [-0.2, -0.15) is 5.10 Å². The number of amides is 1. The predicted octanol–water partition coefficient (Wildman–Crippen LogP) is 0.758. The molecule has 2 N–H and O–H groups in total. The monoisotopic (exact) mass is 320 g/mol. The van der Waals surface area contributed by atoms with E-state index in [0.29, 0.717) is 6.42 Å². The van der Waals surface area contributed by atoms with Crippen LogP contribution in [-0.2, 0) is 11.3 Å². The molecule has 1 aromatic heterocycles. The van der Waals surface area contributed by atoms with Gasteiger partial charge in [0.05, 0.1) is 6.20 Å². The lowest BCUT2D eigenvalue weighted by molar-refractivity contribution is -0.129. The average molecular weight is 320 g/mol. The fourth-order valence-corrected chi connectivity index (χ4v) is 2.75. The number of carbonyl (C=O) groups excluding carboxylic acids is 1. The normalized spacial score (nSPS) is 18.3. The smallest absolute Gasteiger partial charge is 0.222 e. The van der Waals surface area contributed by atoms with Crippen LogP contribution in [0.5, 0.6) is 0 Å². The zero-order valence-corrected chi connectivity index (χ0v) is 14.4. The van der Waals surface area contributed by atoms with Crippen molar-refractivity contribution in [3.8, 4) is 0 Å². The maximum Gasteiger partial charge on any atom is 0.222 e. The number of nitrogens with one attached hydrogen (secondary N) is 2. The van der Waals surface area contributed by atoms with Gasteiger partial charge in [-0.05, 0) is 25.3 Å². The van der Waals surface area contributed by atoms with Crippen molar-refractivity contribution in [1.82, 2.24) is 25.3 Å². The van der Waals surface area contributed by atoms with Crippen LogP contribution in [-0.4, -0.2) is 59.3 Å². The van der Waals surface area contributed by atoms with Crippen LogP contribution in [0.25, 0.3) is 0 Å². The van der Waals surface area contributed by atoms with Crippen molar-refractivity contribution >= 4 is 11.9 Å². The summed E-state index contributed by atoms with van der Waals surface area (Å²) in [5.74, 6) is 1.03. The number of guanidine groups is 1. The number of likely N-dealkylation sites (tertiary alicyclic amines) is 1. The van der Waals surface area contributed by atoms with E-state index in [1.54, 1.807) is 7.05 Å². The van der Waals surface area contributed by atoms with Crippen LogP contribution in [0.3, 0.4) is 0 Å². The summed E-state index contributed by atoms with van der Waals surface area (Å²) in [4.78, 5) is 17.9. The molecule has 0 aromatic carbocycles. The molecule has 1 fully saturated rings. The Labute approximate surface area is 138 Å². The molecule has 0 spiro atoms. The van der Waals surface area contributed by atoms with Crippen molar-refractivity contribution in [2.75, 3.05) is 26.7 Å². The van der Waals surface area contributed by atoms with Crippen molar-refractivity contribution < 1.29 is 4.79 Å². The summed E-state index contributed by atoms with van der Waals surface area (Å²) in [5.41, 5.74) is 1.18. The van der Waals surface area contributed by atoms with Gasteiger partial charge in [0.1, 0.15) is 0 Å². The van der Waals surface area contributed by atoms with Gasteiger partial charge in [-0.1, -0.05) is 6.92 Å². The Hall–Kier alpha value is -2.05. The minimum Gasteiger partial charge on any atom is -0.356 e. The number of aromatic nitrogens is 2. The third-order valence-corrected chi connectivity index (χ3v) is 4.03. The number of nitrogens with zero attached hydrogens (tertiary/aromatic N) is 4. The van der Waals surface area contributed by atoms with Gasteiger partial charge in [0.15, 0.2) is 5.96 Å². The lowest BCUT2D eigenvalue weighted by Crippen LogP contribution is -2.45. The van der Waals surface area contributed by atoms with Crippen LogP contribution < -0.4 is 10.6 Å². The van der Waals surface area contributed by atoms with Crippen molar-refractivity contribution in [2.24, 2.45) is 4.99 Å². The van der Waals surface area contributed by atoms with Crippen LogP contribution in [0.4, 0.5) is 0 Å². The van der Waals surface area contributed by atoms with Gasteiger partial charge in [0.2, 0.25) is 5.91 Å². The van der Waals surface area contributed by atoms with E-state index in [2.05, 4.69) is 20.7 Å². The molecule has 0 bridgehead atoms. The van der Waals surface area contributed by atoms with Crippen molar-refractivity contribution in [2.45, 2.75) is 45.7 Å². The first kappa shape index (κ1) is 17.3. The minimum absolute atomic E-state index is 0.228. The summed E-state index contributed by atoms with van der Waals surface area (Å²) in [6, 6.07) is 0.283. The standard InChI is InChI=1S/C16H28N6O/c1-4-15(23)21-9-6-14(12-21)20-16(17-3)18-7-5-8-22-11-13(2)10-19-22/h10-11,14H,4-9,12H2,1-3H3,(H2,17,18,20). The molecule has 128 valence electrons. The number of carbonyl (C=O) groups is 1. The largest absolute Gasteiger partial charge is 0.356 e. The van der Waals surface area contributed by atoms with Crippen LogP contribution in [0.2, 0.25) is 0 Å². The summed E-state index contributed by atoms with van der Waals surface area (Å²) in [7, 11) is 1.77. The third kappa shape index (κ3) is 5.26. The second-order valence-electron chi connectivity index (χ2n) is 5.96. The zero-order chi connectivity index (χ0) is 16.7. The number of aliphatic imine (C=N–C) groups is 1. The average Bonchev–Trinajstić information content (AvgIpc) is 3.18. The van der Waals surface area contributed by atoms with Crippen molar-refractivity contribution in [1.29, 1.82) is 0 Å². The Morgan fingerprint density at radius 1 is 1.52 bits per heavy atom. The van der Waals surface area contributed by atoms with Crippen LogP contribution >= 0.6 is 0 Å². The highest BCUT2D eigenvalue weighted by molar-refractivity contribution is 5.80. The molecule has 1 amide bonds. The second kappa shape index (κ2) is 8.55. The molecule has 1 saturated heterocycles.